The van der Waals surface area contributed by atoms with Gasteiger partial charge in [-0.05, 0) is 19.8 Å². The lowest BCUT2D eigenvalue weighted by molar-refractivity contribution is -0.136. The monoisotopic (exact) mass is 290 g/mol. The highest BCUT2D eigenvalue weighted by molar-refractivity contribution is 7.91. The van der Waals surface area contributed by atoms with E-state index in [0.29, 0.717) is 6.42 Å². The van der Waals surface area contributed by atoms with Gasteiger partial charge in [0, 0.05) is 19.1 Å². The maximum atomic E-state index is 11.9. The summed E-state index contributed by atoms with van der Waals surface area (Å²) in [5.74, 6) is -0.522. The van der Waals surface area contributed by atoms with Crippen molar-refractivity contribution in [2.45, 2.75) is 45.2 Å². The maximum Gasteiger partial charge on any atom is 0.232 e. The lowest BCUT2D eigenvalue weighted by Gasteiger charge is -2.23. The summed E-state index contributed by atoms with van der Waals surface area (Å²) in [6, 6.07) is -0.258. The molecule has 0 aromatic rings. The molecule has 110 valence electrons. The fourth-order valence-electron chi connectivity index (χ4n) is 1.97. The minimum Gasteiger partial charge on any atom is -0.353 e. The number of nitrogens with one attached hydrogen (secondary N) is 1. The van der Waals surface area contributed by atoms with Crippen molar-refractivity contribution in [2.24, 2.45) is 0 Å². The number of rotatable bonds is 5. The summed E-state index contributed by atoms with van der Waals surface area (Å²) in [7, 11) is -1.46. The van der Waals surface area contributed by atoms with Crippen LogP contribution in [-0.2, 0) is 19.4 Å². The van der Waals surface area contributed by atoms with E-state index in [1.165, 1.54) is 4.90 Å². The summed E-state index contributed by atoms with van der Waals surface area (Å²) in [4.78, 5) is 24.9. The summed E-state index contributed by atoms with van der Waals surface area (Å²) in [5, 5.41) is 2.72. The topological polar surface area (TPSA) is 83.6 Å². The second kappa shape index (κ2) is 6.36. The Balaban J connectivity index is 2.47. The molecule has 19 heavy (non-hydrogen) atoms. The SMILES string of the molecule is CCC(C)NC(=O)CC(=O)N(C)C1CCS(=O)(=O)C1. The number of sulfone groups is 1. The van der Waals surface area contributed by atoms with Crippen LogP contribution in [0.15, 0.2) is 0 Å². The molecule has 0 spiro atoms. The van der Waals surface area contributed by atoms with Crippen LogP contribution in [0.3, 0.4) is 0 Å². The first-order valence-electron chi connectivity index (χ1n) is 6.50. The average Bonchev–Trinajstić information content (AvgIpc) is 2.68. The van der Waals surface area contributed by atoms with Crippen molar-refractivity contribution in [3.63, 3.8) is 0 Å². The van der Waals surface area contributed by atoms with Gasteiger partial charge in [-0.2, -0.15) is 0 Å². The summed E-state index contributed by atoms with van der Waals surface area (Å²) < 4.78 is 22.7. The number of hydrogen-bond acceptors (Lipinski definition) is 4. The minimum atomic E-state index is -3.02. The molecule has 6 nitrogen and oxygen atoms in total. The highest BCUT2D eigenvalue weighted by Crippen LogP contribution is 2.17. The molecule has 1 N–H and O–H groups in total. The van der Waals surface area contributed by atoms with Crippen LogP contribution in [0.5, 0.6) is 0 Å². The first kappa shape index (κ1) is 15.9. The van der Waals surface area contributed by atoms with E-state index in [-0.39, 0.29) is 41.8 Å². The standard InChI is InChI=1S/C12H22N2O4S/c1-4-9(2)13-11(15)7-12(16)14(3)10-5-6-19(17,18)8-10/h9-10H,4-8H2,1-3H3,(H,13,15). The molecule has 1 heterocycles. The van der Waals surface area contributed by atoms with E-state index in [1.54, 1.807) is 7.05 Å². The molecule has 1 rings (SSSR count). The summed E-state index contributed by atoms with van der Waals surface area (Å²) >= 11 is 0. The Morgan fingerprint density at radius 3 is 2.53 bits per heavy atom. The van der Waals surface area contributed by atoms with Gasteiger partial charge in [-0.25, -0.2) is 8.42 Å². The number of amides is 2. The Morgan fingerprint density at radius 2 is 2.05 bits per heavy atom. The van der Waals surface area contributed by atoms with Gasteiger partial charge in [0.2, 0.25) is 11.8 Å². The molecular weight excluding hydrogens is 268 g/mol. The van der Waals surface area contributed by atoms with Gasteiger partial charge in [-0.3, -0.25) is 9.59 Å². The zero-order valence-electron chi connectivity index (χ0n) is 11.7. The van der Waals surface area contributed by atoms with Crippen LogP contribution < -0.4 is 5.32 Å². The maximum absolute atomic E-state index is 11.9. The van der Waals surface area contributed by atoms with Crippen LogP contribution in [0.2, 0.25) is 0 Å². The van der Waals surface area contributed by atoms with Crippen LogP contribution in [0.1, 0.15) is 33.1 Å². The number of nitrogens with zero attached hydrogens (tertiary/aromatic N) is 1. The first-order valence-corrected chi connectivity index (χ1v) is 8.32. The van der Waals surface area contributed by atoms with Gasteiger partial charge >= 0.3 is 0 Å². The zero-order chi connectivity index (χ0) is 14.6. The zero-order valence-corrected chi connectivity index (χ0v) is 12.5. The van der Waals surface area contributed by atoms with E-state index in [0.717, 1.165) is 6.42 Å². The third-order valence-corrected chi connectivity index (χ3v) is 5.23. The molecule has 0 aromatic heterocycles. The highest BCUT2D eigenvalue weighted by atomic mass is 32.2. The molecule has 0 bridgehead atoms. The molecule has 1 saturated heterocycles. The Labute approximate surface area is 114 Å². The van der Waals surface area contributed by atoms with Gasteiger partial charge in [0.25, 0.3) is 0 Å². The van der Waals surface area contributed by atoms with Crippen LogP contribution in [-0.4, -0.2) is 55.8 Å². The van der Waals surface area contributed by atoms with E-state index < -0.39 is 9.84 Å². The number of carbonyl (C=O) groups is 2. The lowest BCUT2D eigenvalue weighted by Crippen LogP contribution is -2.41. The van der Waals surface area contributed by atoms with E-state index in [4.69, 9.17) is 0 Å². The largest absolute Gasteiger partial charge is 0.353 e. The van der Waals surface area contributed by atoms with Crippen LogP contribution in [0, 0.1) is 0 Å². The van der Waals surface area contributed by atoms with Crippen molar-refractivity contribution in [3.05, 3.63) is 0 Å². The number of hydrogen-bond donors (Lipinski definition) is 1. The summed E-state index contributed by atoms with van der Waals surface area (Å²) in [6.45, 7) is 3.82. The van der Waals surface area contributed by atoms with Crippen molar-refractivity contribution < 1.29 is 18.0 Å². The van der Waals surface area contributed by atoms with Gasteiger partial charge in [0.1, 0.15) is 6.42 Å². The van der Waals surface area contributed by atoms with Crippen molar-refractivity contribution in [1.29, 1.82) is 0 Å². The van der Waals surface area contributed by atoms with E-state index in [1.807, 2.05) is 13.8 Å². The molecule has 0 saturated carbocycles. The van der Waals surface area contributed by atoms with Gasteiger partial charge in [-0.15, -0.1) is 0 Å². The second-order valence-electron chi connectivity index (χ2n) is 5.12. The van der Waals surface area contributed by atoms with Crippen LogP contribution in [0.4, 0.5) is 0 Å². The molecule has 0 aliphatic carbocycles. The quantitative estimate of drug-likeness (QED) is 0.719. The molecule has 0 aromatic carbocycles. The van der Waals surface area contributed by atoms with Crippen molar-refractivity contribution in [3.8, 4) is 0 Å². The van der Waals surface area contributed by atoms with Crippen molar-refractivity contribution >= 4 is 21.7 Å². The molecule has 2 atom stereocenters. The van der Waals surface area contributed by atoms with Gasteiger partial charge in [0.05, 0.1) is 11.5 Å². The average molecular weight is 290 g/mol. The highest BCUT2D eigenvalue weighted by Gasteiger charge is 2.33. The Bertz CT molecular complexity index is 447. The Hall–Kier alpha value is -1.11. The molecule has 2 unspecified atom stereocenters. The van der Waals surface area contributed by atoms with E-state index in [9.17, 15) is 18.0 Å². The predicted octanol–water partition coefficient (Wildman–Crippen LogP) is -0.0633. The molecule has 7 heteroatoms. The summed E-state index contributed by atoms with van der Waals surface area (Å²) in [6.07, 6.45) is 1.03. The molecule has 1 fully saturated rings. The summed E-state index contributed by atoms with van der Waals surface area (Å²) in [5.41, 5.74) is 0. The third kappa shape index (κ3) is 4.81. The molecule has 1 aliphatic rings. The molecule has 2 amide bonds. The predicted molar refractivity (Wildman–Crippen MR) is 72.3 cm³/mol. The van der Waals surface area contributed by atoms with Crippen LogP contribution >= 0.6 is 0 Å². The molecule has 0 radical (unpaired) electrons. The van der Waals surface area contributed by atoms with Crippen LogP contribution in [0.25, 0.3) is 0 Å². The first-order chi connectivity index (χ1) is 8.75. The minimum absolute atomic E-state index is 0.00220. The Kier molecular flexibility index (Phi) is 5.34. The van der Waals surface area contributed by atoms with Gasteiger partial charge < -0.3 is 10.2 Å². The smallest absolute Gasteiger partial charge is 0.232 e. The lowest BCUT2D eigenvalue weighted by atomic mass is 10.2. The molecular formula is C12H22N2O4S. The van der Waals surface area contributed by atoms with Gasteiger partial charge in [0.15, 0.2) is 9.84 Å². The Morgan fingerprint density at radius 1 is 1.42 bits per heavy atom. The van der Waals surface area contributed by atoms with E-state index in [2.05, 4.69) is 5.32 Å². The van der Waals surface area contributed by atoms with Gasteiger partial charge in [-0.1, -0.05) is 6.92 Å². The third-order valence-electron chi connectivity index (χ3n) is 3.48. The molecule has 1 aliphatic heterocycles. The fourth-order valence-corrected chi connectivity index (χ4v) is 3.75. The van der Waals surface area contributed by atoms with E-state index >= 15 is 0 Å². The van der Waals surface area contributed by atoms with Crippen molar-refractivity contribution in [2.75, 3.05) is 18.6 Å². The van der Waals surface area contributed by atoms with Crippen molar-refractivity contribution in [1.82, 2.24) is 10.2 Å². The number of carbonyl (C=O) groups excluding carboxylic acids is 2. The second-order valence-corrected chi connectivity index (χ2v) is 7.34. The normalized spacial score (nSPS) is 22.8. The fraction of sp³-hybridized carbons (Fsp3) is 0.833.